The van der Waals surface area contributed by atoms with Crippen LogP contribution in [0.25, 0.3) is 10.9 Å². The van der Waals surface area contributed by atoms with Gasteiger partial charge in [-0.2, -0.15) is 9.78 Å². The van der Waals surface area contributed by atoms with E-state index in [1.54, 1.807) is 6.21 Å². The van der Waals surface area contributed by atoms with Crippen LogP contribution >= 0.6 is 31.9 Å². The van der Waals surface area contributed by atoms with Crippen molar-refractivity contribution < 1.29 is 4.74 Å². The number of halogens is 2. The van der Waals surface area contributed by atoms with Crippen molar-refractivity contribution in [3.8, 4) is 5.75 Å². The highest BCUT2D eigenvalue weighted by molar-refractivity contribution is 9.11. The zero-order valence-electron chi connectivity index (χ0n) is 19.3. The van der Waals surface area contributed by atoms with Crippen LogP contribution in [0.1, 0.15) is 70.2 Å². The molecule has 1 fully saturated rings. The topological polar surface area (TPSA) is 56.5 Å². The molecule has 1 saturated carbocycles. The van der Waals surface area contributed by atoms with Crippen LogP contribution in [0, 0.1) is 5.41 Å². The highest BCUT2D eigenvalue weighted by Gasteiger charge is 2.22. The highest BCUT2D eigenvalue weighted by atomic mass is 79.9. The van der Waals surface area contributed by atoms with Gasteiger partial charge >= 0.3 is 0 Å². The molecule has 3 aromatic rings. The molecule has 1 aromatic heterocycles. The van der Waals surface area contributed by atoms with Gasteiger partial charge in [0.05, 0.1) is 32.7 Å². The second kappa shape index (κ2) is 10.1. The standard InChI is InChI=1S/C26H29Br2N3O2/c1-26(2,3)16-33-23-20(27)13-17(14-21(23)28)15-29-31-24(18-9-5-4-6-10-18)30-22-12-8-7-11-19(22)25(31)32/h7-8,11-15,18H,4-6,9-10,16H2,1-3H3. The molecule has 33 heavy (non-hydrogen) atoms. The van der Waals surface area contributed by atoms with Gasteiger partial charge in [-0.25, -0.2) is 4.98 Å². The van der Waals surface area contributed by atoms with Gasteiger partial charge in [-0.3, -0.25) is 4.79 Å². The molecule has 1 aliphatic carbocycles. The zero-order chi connectivity index (χ0) is 23.6. The molecular formula is C26H29Br2N3O2. The second-order valence-electron chi connectivity index (χ2n) is 9.85. The van der Waals surface area contributed by atoms with Gasteiger partial charge in [0.15, 0.2) is 0 Å². The number of aromatic nitrogens is 2. The normalized spacial score (nSPS) is 15.4. The van der Waals surface area contributed by atoms with Gasteiger partial charge in [0, 0.05) is 5.92 Å². The molecule has 4 rings (SSSR count). The number of hydrogen-bond acceptors (Lipinski definition) is 4. The Morgan fingerprint density at radius 2 is 1.79 bits per heavy atom. The first-order valence-electron chi connectivity index (χ1n) is 11.4. The van der Waals surface area contributed by atoms with E-state index in [1.165, 1.54) is 11.1 Å². The lowest BCUT2D eigenvalue weighted by Gasteiger charge is -2.22. The number of nitrogens with zero attached hydrogens (tertiary/aromatic N) is 3. The van der Waals surface area contributed by atoms with Crippen LogP contribution in [0.4, 0.5) is 0 Å². The van der Waals surface area contributed by atoms with Crippen molar-refractivity contribution in [2.45, 2.75) is 58.8 Å². The molecule has 174 valence electrons. The average Bonchev–Trinajstić information content (AvgIpc) is 2.77. The van der Waals surface area contributed by atoms with Crippen molar-refractivity contribution in [3.63, 3.8) is 0 Å². The minimum Gasteiger partial charge on any atom is -0.491 e. The first kappa shape index (κ1) is 24.1. The lowest BCUT2D eigenvalue weighted by atomic mass is 9.88. The van der Waals surface area contributed by atoms with Gasteiger partial charge < -0.3 is 4.74 Å². The summed E-state index contributed by atoms with van der Waals surface area (Å²) in [5, 5.41) is 5.22. The fourth-order valence-corrected chi connectivity index (χ4v) is 5.53. The molecule has 0 aliphatic heterocycles. The lowest BCUT2D eigenvalue weighted by molar-refractivity contribution is 0.196. The number of rotatable bonds is 5. The first-order valence-corrected chi connectivity index (χ1v) is 13.0. The third kappa shape index (κ3) is 5.75. The molecule has 7 heteroatoms. The van der Waals surface area contributed by atoms with E-state index >= 15 is 0 Å². The number of hydrogen-bond donors (Lipinski definition) is 0. The van der Waals surface area contributed by atoms with Gasteiger partial charge in [0.25, 0.3) is 5.56 Å². The van der Waals surface area contributed by atoms with Crippen LogP contribution < -0.4 is 10.3 Å². The Kier molecular flexibility index (Phi) is 7.39. The van der Waals surface area contributed by atoms with Crippen molar-refractivity contribution in [2.75, 3.05) is 6.61 Å². The van der Waals surface area contributed by atoms with Crippen molar-refractivity contribution in [2.24, 2.45) is 10.5 Å². The fraction of sp³-hybridized carbons (Fsp3) is 0.423. The van der Waals surface area contributed by atoms with Crippen molar-refractivity contribution in [3.05, 3.63) is 67.1 Å². The van der Waals surface area contributed by atoms with Crippen LogP contribution in [0.3, 0.4) is 0 Å². The van der Waals surface area contributed by atoms with Gasteiger partial charge in [0.1, 0.15) is 11.6 Å². The van der Waals surface area contributed by atoms with E-state index in [-0.39, 0.29) is 16.9 Å². The predicted octanol–water partition coefficient (Wildman–Crippen LogP) is 7.28. The summed E-state index contributed by atoms with van der Waals surface area (Å²) in [5.74, 6) is 1.77. The van der Waals surface area contributed by atoms with E-state index < -0.39 is 0 Å². The summed E-state index contributed by atoms with van der Waals surface area (Å²) in [6, 6.07) is 11.4. The Balaban J connectivity index is 1.71. The third-order valence-electron chi connectivity index (χ3n) is 5.74. The zero-order valence-corrected chi connectivity index (χ0v) is 22.4. The predicted molar refractivity (Wildman–Crippen MR) is 142 cm³/mol. The van der Waals surface area contributed by atoms with Crippen molar-refractivity contribution in [1.29, 1.82) is 0 Å². The van der Waals surface area contributed by atoms with E-state index in [4.69, 9.17) is 9.72 Å². The van der Waals surface area contributed by atoms with E-state index in [0.29, 0.717) is 12.0 Å². The Morgan fingerprint density at radius 1 is 1.12 bits per heavy atom. The van der Waals surface area contributed by atoms with Gasteiger partial charge in [-0.05, 0) is 79.9 Å². The molecule has 0 spiro atoms. The Morgan fingerprint density at radius 3 is 2.45 bits per heavy atom. The summed E-state index contributed by atoms with van der Waals surface area (Å²) in [6.07, 6.45) is 7.35. The molecule has 5 nitrogen and oxygen atoms in total. The first-order chi connectivity index (χ1) is 15.7. The van der Waals surface area contributed by atoms with Crippen LogP contribution in [0.5, 0.6) is 5.75 Å². The highest BCUT2D eigenvalue weighted by Crippen LogP contribution is 2.36. The fourth-order valence-electron chi connectivity index (χ4n) is 4.08. The van der Waals surface area contributed by atoms with E-state index in [9.17, 15) is 4.79 Å². The number of benzene rings is 2. The second-order valence-corrected chi connectivity index (χ2v) is 11.6. The number of ether oxygens (including phenoxy) is 1. The smallest absolute Gasteiger partial charge is 0.282 e. The van der Waals surface area contributed by atoms with Gasteiger partial charge in [-0.15, -0.1) is 0 Å². The Hall–Kier alpha value is -1.99. The van der Waals surface area contributed by atoms with Crippen LogP contribution in [-0.4, -0.2) is 22.5 Å². The van der Waals surface area contributed by atoms with Crippen LogP contribution in [0.2, 0.25) is 0 Å². The molecule has 0 saturated heterocycles. The summed E-state index contributed by atoms with van der Waals surface area (Å²) in [5.41, 5.74) is 1.52. The number of fused-ring (bicyclic) bond motifs is 1. The maximum atomic E-state index is 13.4. The SMILES string of the molecule is CC(C)(C)COc1c(Br)cc(C=Nn2c(C3CCCCC3)nc3ccccc3c2=O)cc1Br. The maximum Gasteiger partial charge on any atom is 0.282 e. The summed E-state index contributed by atoms with van der Waals surface area (Å²) in [4.78, 5) is 18.2. The van der Waals surface area contributed by atoms with E-state index in [0.717, 1.165) is 57.3 Å². The van der Waals surface area contributed by atoms with Gasteiger partial charge in [0.2, 0.25) is 0 Å². The lowest BCUT2D eigenvalue weighted by Crippen LogP contribution is -2.25. The molecule has 1 heterocycles. The largest absolute Gasteiger partial charge is 0.491 e. The van der Waals surface area contributed by atoms with E-state index in [1.807, 2.05) is 36.4 Å². The molecule has 0 bridgehead atoms. The van der Waals surface area contributed by atoms with E-state index in [2.05, 4.69) is 57.7 Å². The minimum atomic E-state index is -0.124. The minimum absolute atomic E-state index is 0.0543. The molecule has 0 unspecified atom stereocenters. The molecule has 0 amide bonds. The Bertz CT molecular complexity index is 1220. The Labute approximate surface area is 211 Å². The van der Waals surface area contributed by atoms with Crippen LogP contribution in [-0.2, 0) is 0 Å². The molecule has 1 aliphatic rings. The summed E-state index contributed by atoms with van der Waals surface area (Å²) in [6.45, 7) is 7.00. The monoisotopic (exact) mass is 573 g/mol. The molecular weight excluding hydrogens is 546 g/mol. The van der Waals surface area contributed by atoms with Crippen LogP contribution in [0.15, 0.2) is 55.2 Å². The van der Waals surface area contributed by atoms with Crippen molar-refractivity contribution in [1.82, 2.24) is 9.66 Å². The molecule has 0 N–H and O–H groups in total. The summed E-state index contributed by atoms with van der Waals surface area (Å²) >= 11 is 7.24. The summed E-state index contributed by atoms with van der Waals surface area (Å²) < 4.78 is 9.18. The quantitative estimate of drug-likeness (QED) is 0.301. The van der Waals surface area contributed by atoms with Gasteiger partial charge in [-0.1, -0.05) is 52.2 Å². The molecule has 0 atom stereocenters. The average molecular weight is 575 g/mol. The molecule has 2 aromatic carbocycles. The third-order valence-corrected chi connectivity index (χ3v) is 6.92. The maximum absolute atomic E-state index is 13.4. The summed E-state index contributed by atoms with van der Waals surface area (Å²) in [7, 11) is 0. The number of para-hydroxylation sites is 1. The molecule has 0 radical (unpaired) electrons. The van der Waals surface area contributed by atoms with Crippen molar-refractivity contribution >= 4 is 49.0 Å².